The summed E-state index contributed by atoms with van der Waals surface area (Å²) in [6.07, 6.45) is 4.61. The molecule has 0 saturated heterocycles. The lowest BCUT2D eigenvalue weighted by Crippen LogP contribution is -2.43. The predicted molar refractivity (Wildman–Crippen MR) is 80.7 cm³/mol. The van der Waals surface area contributed by atoms with Crippen molar-refractivity contribution in [2.24, 2.45) is 0 Å². The van der Waals surface area contributed by atoms with Crippen LogP contribution in [0, 0.1) is 0 Å². The van der Waals surface area contributed by atoms with Crippen molar-refractivity contribution in [3.8, 4) is 0 Å². The molecule has 0 spiro atoms. The second-order valence-corrected chi connectivity index (χ2v) is 6.47. The van der Waals surface area contributed by atoms with Gasteiger partial charge in [-0.25, -0.2) is 14.6 Å². The van der Waals surface area contributed by atoms with Crippen molar-refractivity contribution >= 4 is 40.2 Å². The fourth-order valence-electron chi connectivity index (χ4n) is 1.69. The minimum absolute atomic E-state index is 0.398. The summed E-state index contributed by atoms with van der Waals surface area (Å²) in [4.78, 5) is 27.1. The third-order valence-electron chi connectivity index (χ3n) is 2.95. The van der Waals surface area contributed by atoms with E-state index < -0.39 is 18.0 Å². The molecule has 1 atom stereocenters. The van der Waals surface area contributed by atoms with Crippen LogP contribution >= 0.6 is 23.1 Å². The average molecular weight is 315 g/mol. The summed E-state index contributed by atoms with van der Waals surface area (Å²) < 4.78 is 0. The number of aliphatic carboxylic acids is 1. The summed E-state index contributed by atoms with van der Waals surface area (Å²) >= 11 is 2.91. The van der Waals surface area contributed by atoms with E-state index in [4.69, 9.17) is 5.11 Å². The molecule has 0 unspecified atom stereocenters. The van der Waals surface area contributed by atoms with Gasteiger partial charge in [-0.3, -0.25) is 5.32 Å². The van der Waals surface area contributed by atoms with E-state index in [0.29, 0.717) is 23.2 Å². The van der Waals surface area contributed by atoms with Gasteiger partial charge in [0.25, 0.3) is 0 Å². The summed E-state index contributed by atoms with van der Waals surface area (Å²) in [6.45, 7) is 0. The standard InChI is InChI=1S/C12H17N3O3S2/c1-19-5-4-8(10(16)17)13-11(18)15-12-14-9(6-20-12)7-2-3-7/h6-8H,2-5H2,1H3,(H,16,17)(H2,13,14,15,18)/t8-/m1/s1. The molecule has 1 aliphatic carbocycles. The van der Waals surface area contributed by atoms with Crippen LogP contribution in [0.1, 0.15) is 30.9 Å². The number of aromatic nitrogens is 1. The Morgan fingerprint density at radius 2 is 2.35 bits per heavy atom. The molecular weight excluding hydrogens is 298 g/mol. The zero-order valence-electron chi connectivity index (χ0n) is 11.1. The van der Waals surface area contributed by atoms with E-state index in [9.17, 15) is 9.59 Å². The van der Waals surface area contributed by atoms with Crippen molar-refractivity contribution in [1.29, 1.82) is 0 Å². The van der Waals surface area contributed by atoms with E-state index in [1.54, 1.807) is 11.8 Å². The van der Waals surface area contributed by atoms with Crippen LogP contribution < -0.4 is 10.6 Å². The Morgan fingerprint density at radius 3 is 2.95 bits per heavy atom. The molecule has 20 heavy (non-hydrogen) atoms. The Kier molecular flexibility index (Phi) is 5.24. The van der Waals surface area contributed by atoms with Crippen LogP contribution in [0.2, 0.25) is 0 Å². The third-order valence-corrected chi connectivity index (χ3v) is 4.37. The lowest BCUT2D eigenvalue weighted by molar-refractivity contribution is -0.139. The molecule has 1 aromatic rings. The summed E-state index contributed by atoms with van der Waals surface area (Å²) in [5.74, 6) is 0.200. The normalized spacial score (nSPS) is 15.7. The molecule has 1 aromatic heterocycles. The van der Waals surface area contributed by atoms with Crippen molar-refractivity contribution in [3.63, 3.8) is 0 Å². The molecule has 8 heteroatoms. The first-order valence-corrected chi connectivity index (χ1v) is 8.62. The molecule has 0 radical (unpaired) electrons. The SMILES string of the molecule is CSCC[C@@H](NC(=O)Nc1nc(C2CC2)cs1)C(=O)O. The maximum Gasteiger partial charge on any atom is 0.326 e. The average Bonchev–Trinajstić information content (AvgIpc) is 3.15. The van der Waals surface area contributed by atoms with Gasteiger partial charge in [0.2, 0.25) is 0 Å². The molecule has 2 rings (SSSR count). The predicted octanol–water partition coefficient (Wildman–Crippen LogP) is 2.35. The van der Waals surface area contributed by atoms with Gasteiger partial charge in [-0.15, -0.1) is 11.3 Å². The largest absolute Gasteiger partial charge is 0.480 e. The van der Waals surface area contributed by atoms with Crippen LogP contribution in [0.4, 0.5) is 9.93 Å². The highest BCUT2D eigenvalue weighted by Gasteiger charge is 2.26. The Hall–Kier alpha value is -1.28. The number of carbonyl (C=O) groups excluding carboxylic acids is 1. The number of carboxylic acids is 1. The van der Waals surface area contributed by atoms with Gasteiger partial charge in [-0.05, 0) is 31.3 Å². The zero-order chi connectivity index (χ0) is 14.5. The van der Waals surface area contributed by atoms with E-state index in [0.717, 1.165) is 18.5 Å². The first-order chi connectivity index (χ1) is 9.60. The fraction of sp³-hybridized carbons (Fsp3) is 0.583. The molecule has 1 heterocycles. The molecule has 3 N–H and O–H groups in total. The van der Waals surface area contributed by atoms with Crippen LogP contribution in [-0.4, -0.2) is 40.1 Å². The maximum absolute atomic E-state index is 11.8. The van der Waals surface area contributed by atoms with E-state index in [-0.39, 0.29) is 0 Å². The number of hydrogen-bond donors (Lipinski definition) is 3. The molecule has 0 bridgehead atoms. The number of nitrogens with zero attached hydrogens (tertiary/aromatic N) is 1. The van der Waals surface area contributed by atoms with Crippen molar-refractivity contribution in [2.45, 2.75) is 31.2 Å². The van der Waals surface area contributed by atoms with Gasteiger partial charge in [0.15, 0.2) is 5.13 Å². The molecule has 0 aliphatic heterocycles. The first kappa shape index (κ1) is 15.1. The number of thiazole rings is 1. The van der Waals surface area contributed by atoms with E-state index in [1.165, 1.54) is 11.3 Å². The summed E-state index contributed by atoms with van der Waals surface area (Å²) in [5, 5.41) is 16.5. The van der Waals surface area contributed by atoms with E-state index in [2.05, 4.69) is 15.6 Å². The Morgan fingerprint density at radius 1 is 1.60 bits per heavy atom. The minimum atomic E-state index is -1.02. The highest BCUT2D eigenvalue weighted by Crippen LogP contribution is 2.40. The number of rotatable bonds is 7. The first-order valence-electron chi connectivity index (χ1n) is 6.35. The number of hydrogen-bond acceptors (Lipinski definition) is 5. The smallest absolute Gasteiger partial charge is 0.326 e. The fourth-order valence-corrected chi connectivity index (χ4v) is 2.95. The Bertz CT molecular complexity index is 488. The molecule has 1 saturated carbocycles. The highest BCUT2D eigenvalue weighted by atomic mass is 32.2. The molecule has 1 aliphatic rings. The van der Waals surface area contributed by atoms with Gasteiger partial charge in [0.05, 0.1) is 5.69 Å². The summed E-state index contributed by atoms with van der Waals surface area (Å²) in [6, 6.07) is -1.39. The Balaban J connectivity index is 1.84. The molecular formula is C12H17N3O3S2. The second kappa shape index (κ2) is 6.94. The van der Waals surface area contributed by atoms with Crippen LogP contribution in [0.25, 0.3) is 0 Å². The lowest BCUT2D eigenvalue weighted by Gasteiger charge is -2.13. The van der Waals surface area contributed by atoms with Gasteiger partial charge in [0.1, 0.15) is 6.04 Å². The van der Waals surface area contributed by atoms with E-state index >= 15 is 0 Å². The van der Waals surface area contributed by atoms with Gasteiger partial charge in [-0.1, -0.05) is 0 Å². The number of carbonyl (C=O) groups is 2. The van der Waals surface area contributed by atoms with Crippen LogP contribution in [0.15, 0.2) is 5.38 Å². The maximum atomic E-state index is 11.8. The van der Waals surface area contributed by atoms with Crippen LogP contribution in [0.5, 0.6) is 0 Å². The van der Waals surface area contributed by atoms with E-state index in [1.807, 2.05) is 11.6 Å². The minimum Gasteiger partial charge on any atom is -0.480 e. The number of carboxylic acid groups (broad SMARTS) is 1. The topological polar surface area (TPSA) is 91.3 Å². The quantitative estimate of drug-likeness (QED) is 0.718. The highest BCUT2D eigenvalue weighted by molar-refractivity contribution is 7.98. The second-order valence-electron chi connectivity index (χ2n) is 4.62. The van der Waals surface area contributed by atoms with Gasteiger partial charge < -0.3 is 10.4 Å². The molecule has 0 aromatic carbocycles. The van der Waals surface area contributed by atoms with Gasteiger partial charge in [0, 0.05) is 11.3 Å². The molecule has 6 nitrogen and oxygen atoms in total. The van der Waals surface area contributed by atoms with Crippen molar-refractivity contribution in [3.05, 3.63) is 11.1 Å². The summed E-state index contributed by atoms with van der Waals surface area (Å²) in [5.41, 5.74) is 1.02. The number of nitrogens with one attached hydrogen (secondary N) is 2. The Labute approximate surface area is 125 Å². The molecule has 2 amide bonds. The molecule has 110 valence electrons. The lowest BCUT2D eigenvalue weighted by atomic mass is 10.2. The van der Waals surface area contributed by atoms with Crippen LogP contribution in [-0.2, 0) is 4.79 Å². The van der Waals surface area contributed by atoms with Crippen molar-refractivity contribution in [1.82, 2.24) is 10.3 Å². The third kappa shape index (κ3) is 4.38. The summed E-state index contributed by atoms with van der Waals surface area (Å²) in [7, 11) is 0. The zero-order valence-corrected chi connectivity index (χ0v) is 12.7. The van der Waals surface area contributed by atoms with Crippen molar-refractivity contribution in [2.75, 3.05) is 17.3 Å². The van der Waals surface area contributed by atoms with Gasteiger partial charge >= 0.3 is 12.0 Å². The number of thioether (sulfide) groups is 1. The monoisotopic (exact) mass is 315 g/mol. The number of amides is 2. The number of anilines is 1. The van der Waals surface area contributed by atoms with Gasteiger partial charge in [-0.2, -0.15) is 11.8 Å². The number of urea groups is 1. The molecule has 1 fully saturated rings. The van der Waals surface area contributed by atoms with Crippen molar-refractivity contribution < 1.29 is 14.7 Å². The van der Waals surface area contributed by atoms with Crippen LogP contribution in [0.3, 0.4) is 0 Å².